The largest absolute Gasteiger partial charge is 0.490 e. The number of carboxylic acids is 2. The van der Waals surface area contributed by atoms with Gasteiger partial charge in [0.1, 0.15) is 79.2 Å². The van der Waals surface area contributed by atoms with E-state index in [1.807, 2.05) is 124 Å². The summed E-state index contributed by atoms with van der Waals surface area (Å²) in [7, 11) is 4.08. The van der Waals surface area contributed by atoms with Gasteiger partial charge in [0.2, 0.25) is 0 Å². The number of carboxylic acid groups (broad SMARTS) is 2. The molecule has 20 heteroatoms. The number of nitrogens with one attached hydrogen (secondary N) is 2. The van der Waals surface area contributed by atoms with Crippen molar-refractivity contribution in [2.75, 3.05) is 67.4 Å². The summed E-state index contributed by atoms with van der Waals surface area (Å²) in [6, 6.07) is 73.9. The van der Waals surface area contributed by atoms with Crippen LogP contribution < -0.4 is 48.9 Å². The molecule has 11 aromatic rings. The van der Waals surface area contributed by atoms with Gasteiger partial charge in [-0.15, -0.1) is 0 Å². The lowest BCUT2D eigenvalue weighted by molar-refractivity contribution is -0.144. The highest BCUT2D eigenvalue weighted by Crippen LogP contribution is 2.36. The molecule has 0 radical (unpaired) electrons. The van der Waals surface area contributed by atoms with E-state index >= 15 is 0 Å². The summed E-state index contributed by atoms with van der Waals surface area (Å²) in [5.41, 5.74) is 11.5. The highest BCUT2D eigenvalue weighted by molar-refractivity contribution is 6.06. The summed E-state index contributed by atoms with van der Waals surface area (Å²) in [5.74, 6) is 1.71. The zero-order valence-electron chi connectivity index (χ0n) is 59.1. The minimum absolute atomic E-state index is 0.00375. The average molecular weight is 1420 g/mol. The van der Waals surface area contributed by atoms with E-state index in [1.165, 1.54) is 5.56 Å². The van der Waals surface area contributed by atoms with E-state index in [0.29, 0.717) is 76.3 Å². The van der Waals surface area contributed by atoms with E-state index in [-0.39, 0.29) is 67.9 Å². The number of aryl methyl sites for hydroxylation is 2. The maximum absolute atomic E-state index is 13.8. The van der Waals surface area contributed by atoms with Crippen molar-refractivity contribution in [3.8, 4) is 34.5 Å². The van der Waals surface area contributed by atoms with Gasteiger partial charge in [0.15, 0.2) is 0 Å². The van der Waals surface area contributed by atoms with Crippen molar-refractivity contribution in [3.63, 3.8) is 0 Å². The minimum atomic E-state index is -0.918. The molecule has 10 aromatic carbocycles. The Morgan fingerprint density at radius 3 is 1.53 bits per heavy atom. The summed E-state index contributed by atoms with van der Waals surface area (Å²) in [5, 5.41) is 24.3. The Morgan fingerprint density at radius 1 is 0.462 bits per heavy atom. The number of esters is 1. The van der Waals surface area contributed by atoms with E-state index in [4.69, 9.17) is 43.4 Å². The summed E-state index contributed by atoms with van der Waals surface area (Å²) in [6.07, 6.45) is 1.54. The fourth-order valence-corrected chi connectivity index (χ4v) is 12.7. The van der Waals surface area contributed by atoms with E-state index in [0.717, 1.165) is 87.8 Å². The summed E-state index contributed by atoms with van der Waals surface area (Å²) in [6.45, 7) is 6.78. The van der Waals surface area contributed by atoms with Crippen LogP contribution in [0.2, 0.25) is 0 Å². The number of anilines is 4. The monoisotopic (exact) mass is 1420 g/mol. The maximum atomic E-state index is 13.8. The van der Waals surface area contributed by atoms with Crippen LogP contribution in [-0.4, -0.2) is 116 Å². The molecule has 4 heterocycles. The zero-order chi connectivity index (χ0) is 74.1. The molecule has 540 valence electrons. The highest BCUT2D eigenvalue weighted by Gasteiger charge is 2.28. The summed E-state index contributed by atoms with van der Waals surface area (Å²) >= 11 is 0. The maximum Gasteiger partial charge on any atom is 0.310 e. The van der Waals surface area contributed by atoms with Crippen LogP contribution in [0.5, 0.6) is 34.5 Å². The standard InChI is InChI=1S/C36H34N2O5.C25H24N2O5.C25H23NO5/c1-24-13-18-33-34(19-24)43-29(21-37(33)3)23-41-28-16-14-27(15-17-28)36(40)38-25(2)31(30-11-7-8-12-32(30)38)20-35(39)42-22-26-9-5-4-6-10-26;1-27-15-21(32-23-8-3-2-7-22(23)27)16-31-20-11-9-18(10-12-20)25(30)26-19-6-4-5-17(13-19)14-24(28)29;27-24(28)15-17-4-3-6-20(14-17)26-25(29)19-9-11-21(12-10-19)30-16-22-13-8-18-5-1-2-7-23(18)31-22/h4-19,29H,20-23H2,1-3H3;2-13,21H,14-16H2,1H3,(H,26,30)(H,28,29);1-7,9-12,14,22H,8,13,15-16H2,(H,26,29)(H,27,28)/t29-;21-;/m00./s1. The third-order valence-corrected chi connectivity index (χ3v) is 18.1. The first-order valence-electron chi connectivity index (χ1n) is 34.9. The van der Waals surface area contributed by atoms with Crippen molar-refractivity contribution < 1.29 is 72.1 Å². The number of hydrogen-bond acceptors (Lipinski definition) is 15. The van der Waals surface area contributed by atoms with Crippen LogP contribution in [0.15, 0.2) is 243 Å². The quantitative estimate of drug-likeness (QED) is 0.0461. The van der Waals surface area contributed by atoms with Crippen molar-refractivity contribution in [2.45, 2.75) is 70.9 Å². The Labute approximate surface area is 614 Å². The Balaban J connectivity index is 0.000000152. The molecular formula is C86H81N5O15. The van der Waals surface area contributed by atoms with Gasteiger partial charge >= 0.3 is 17.9 Å². The Hall–Kier alpha value is -12.8. The molecule has 1 unspecified atom stereocenters. The predicted octanol–water partition coefficient (Wildman–Crippen LogP) is 14.7. The number of fused-ring (bicyclic) bond motifs is 4. The topological polar surface area (TPSA) is 243 Å². The van der Waals surface area contributed by atoms with Gasteiger partial charge in [-0.25, -0.2) is 0 Å². The Kier molecular flexibility index (Phi) is 23.7. The zero-order valence-corrected chi connectivity index (χ0v) is 59.1. The number of rotatable bonds is 22. The number of carbonyl (C=O) groups is 6. The number of carbonyl (C=O) groups excluding carboxylic acids is 4. The van der Waals surface area contributed by atoms with Crippen LogP contribution in [0.1, 0.15) is 76.6 Å². The number of likely N-dealkylation sites (N-methyl/N-ethyl adjacent to an activating group) is 2. The number of ether oxygens (including phenoxy) is 7. The lowest BCUT2D eigenvalue weighted by Gasteiger charge is -2.33. The molecule has 0 bridgehead atoms. The SMILES string of the molecule is CN1C[C@@H](COc2ccc(C(=O)Nc3cccc(CC(=O)O)c3)cc2)Oc2ccccc21.Cc1ccc2c(c1)O[C@H](COc1ccc(C(=O)n3c(C)c(CC(=O)OCc4ccccc4)c4ccccc43)cc1)CN2C.O=C(O)Cc1cccc(NC(=O)c2ccc(OCC3CCc4ccccc4O3)cc2)c1. The molecule has 1 aromatic heterocycles. The lowest BCUT2D eigenvalue weighted by atomic mass is 10.0. The Morgan fingerprint density at radius 2 is 0.943 bits per heavy atom. The molecule has 3 aliphatic rings. The first kappa shape index (κ1) is 72.9. The third-order valence-electron chi connectivity index (χ3n) is 18.1. The molecule has 0 saturated heterocycles. The van der Waals surface area contributed by atoms with Crippen molar-refractivity contribution in [3.05, 3.63) is 298 Å². The number of nitrogens with zero attached hydrogens (tertiary/aromatic N) is 3. The fraction of sp³-hybridized carbons (Fsp3) is 0.209. The van der Waals surface area contributed by atoms with Crippen LogP contribution in [0.3, 0.4) is 0 Å². The van der Waals surface area contributed by atoms with E-state index < -0.39 is 11.9 Å². The van der Waals surface area contributed by atoms with Gasteiger partial charge in [-0.05, 0) is 194 Å². The van der Waals surface area contributed by atoms with Gasteiger partial charge in [0.25, 0.3) is 17.7 Å². The molecule has 3 atom stereocenters. The molecule has 3 aliphatic heterocycles. The van der Waals surface area contributed by atoms with Gasteiger partial charge in [0.05, 0.1) is 49.2 Å². The smallest absolute Gasteiger partial charge is 0.310 e. The molecule has 2 amide bonds. The number of aliphatic carboxylic acids is 2. The van der Waals surface area contributed by atoms with E-state index in [1.54, 1.807) is 126 Å². The number of benzene rings is 10. The second kappa shape index (κ2) is 34.4. The molecule has 4 N–H and O–H groups in total. The van der Waals surface area contributed by atoms with Gasteiger partial charge in [-0.3, -0.25) is 33.3 Å². The molecule has 14 rings (SSSR count). The second-order valence-corrected chi connectivity index (χ2v) is 26.1. The van der Waals surface area contributed by atoms with Gasteiger partial charge in [-0.2, -0.15) is 0 Å². The van der Waals surface area contributed by atoms with Crippen molar-refractivity contribution >= 4 is 69.3 Å². The van der Waals surface area contributed by atoms with Crippen LogP contribution in [0.25, 0.3) is 10.9 Å². The molecule has 0 spiro atoms. The molecule has 20 nitrogen and oxygen atoms in total. The second-order valence-electron chi connectivity index (χ2n) is 26.1. The molecular weight excluding hydrogens is 1340 g/mol. The van der Waals surface area contributed by atoms with Crippen LogP contribution in [0, 0.1) is 13.8 Å². The first-order chi connectivity index (χ1) is 51.4. The molecule has 106 heavy (non-hydrogen) atoms. The normalized spacial score (nSPS) is 14.5. The van der Waals surface area contributed by atoms with Gasteiger partial charge < -0.3 is 63.8 Å². The third kappa shape index (κ3) is 19.3. The van der Waals surface area contributed by atoms with Crippen molar-refractivity contribution in [1.29, 1.82) is 0 Å². The van der Waals surface area contributed by atoms with E-state index in [2.05, 4.69) is 45.7 Å². The highest BCUT2D eigenvalue weighted by atomic mass is 16.6. The number of aromatic nitrogens is 1. The molecule has 0 fully saturated rings. The minimum Gasteiger partial charge on any atom is -0.490 e. The van der Waals surface area contributed by atoms with Crippen LogP contribution in [0.4, 0.5) is 22.7 Å². The molecule has 0 saturated carbocycles. The van der Waals surface area contributed by atoms with E-state index in [9.17, 15) is 28.8 Å². The number of hydrogen-bond donors (Lipinski definition) is 4. The summed E-state index contributed by atoms with van der Waals surface area (Å²) < 4.78 is 43.2. The van der Waals surface area contributed by atoms with Crippen LogP contribution >= 0.6 is 0 Å². The summed E-state index contributed by atoms with van der Waals surface area (Å²) in [4.78, 5) is 77.6. The molecule has 0 aliphatic carbocycles. The lowest BCUT2D eigenvalue weighted by Crippen LogP contribution is -2.41. The average Bonchev–Trinajstić information content (AvgIpc) is 1.60. The fourth-order valence-electron chi connectivity index (χ4n) is 12.7. The van der Waals surface area contributed by atoms with Crippen LogP contribution in [-0.2, 0) is 51.4 Å². The van der Waals surface area contributed by atoms with Gasteiger partial charge in [-0.1, -0.05) is 109 Å². The first-order valence-corrected chi connectivity index (χ1v) is 34.9. The van der Waals surface area contributed by atoms with Gasteiger partial charge in [0, 0.05) is 53.2 Å². The van der Waals surface area contributed by atoms with Crippen molar-refractivity contribution in [2.24, 2.45) is 0 Å². The number of para-hydroxylation sites is 4. The van der Waals surface area contributed by atoms with Crippen molar-refractivity contribution in [1.82, 2.24) is 4.57 Å². The number of amides is 2. The predicted molar refractivity (Wildman–Crippen MR) is 406 cm³/mol. The Bertz CT molecular complexity index is 4930.